The van der Waals surface area contributed by atoms with Gasteiger partial charge < -0.3 is 0 Å². The molecule has 0 heterocycles. The lowest BCUT2D eigenvalue weighted by Crippen LogP contribution is -2.17. The first kappa shape index (κ1) is 8.76. The largest absolute Gasteiger partial charge is 0.273 e. The highest BCUT2D eigenvalue weighted by Gasteiger charge is 2.05. The van der Waals surface area contributed by atoms with Crippen molar-refractivity contribution >= 4 is 0 Å². The molecule has 0 saturated carbocycles. The van der Waals surface area contributed by atoms with Crippen LogP contribution in [0.3, 0.4) is 0 Å². The number of hydrogen-bond donors (Lipinski definition) is 1. The van der Waals surface area contributed by atoms with E-state index in [4.69, 9.17) is 6.42 Å². The van der Waals surface area contributed by atoms with Gasteiger partial charge in [0.25, 0.3) is 0 Å². The first-order chi connectivity index (χ1) is 5.84. The van der Waals surface area contributed by atoms with Crippen molar-refractivity contribution in [3.05, 3.63) is 35.9 Å². The Morgan fingerprint density at radius 2 is 2.08 bits per heavy atom. The summed E-state index contributed by atoms with van der Waals surface area (Å²) in [4.78, 5) is 0. The first-order valence-electron chi connectivity index (χ1n) is 3.70. The van der Waals surface area contributed by atoms with Gasteiger partial charge in [-0.3, -0.25) is 5.32 Å². The molecule has 0 fully saturated rings. The van der Waals surface area contributed by atoms with E-state index in [-0.39, 0.29) is 6.54 Å². The molecule has 0 bridgehead atoms. The third kappa shape index (κ3) is 2.37. The molecular weight excluding hydrogens is 153 g/mol. The minimum atomic E-state index is -1.16. The summed E-state index contributed by atoms with van der Waals surface area (Å²) in [5.74, 6) is 2.32. The lowest BCUT2D eigenvalue weighted by Gasteiger charge is -2.07. The van der Waals surface area contributed by atoms with Crippen LogP contribution in [0.2, 0.25) is 0 Å². The highest BCUT2D eigenvalue weighted by Crippen LogP contribution is 2.12. The molecule has 0 aromatic heterocycles. The Morgan fingerprint density at radius 1 is 1.42 bits per heavy atom. The number of nitrogens with one attached hydrogen (secondary N) is 1. The van der Waals surface area contributed by atoms with Gasteiger partial charge in [0.15, 0.2) is 6.30 Å². The zero-order chi connectivity index (χ0) is 8.81. The molecule has 0 radical (unpaired) electrons. The van der Waals surface area contributed by atoms with E-state index < -0.39 is 6.30 Å². The maximum Gasteiger partial charge on any atom is 0.177 e. The fourth-order valence-electron chi connectivity index (χ4n) is 0.888. The molecule has 1 rings (SSSR count). The molecule has 1 atom stereocenters. The average molecular weight is 163 g/mol. The highest BCUT2D eigenvalue weighted by atomic mass is 19.1. The van der Waals surface area contributed by atoms with E-state index in [0.717, 1.165) is 0 Å². The standard InChI is InChI=1S/C10H10FN/c1-2-8-12-10(11)9-6-4-3-5-7-9/h1,3-7,10,12H,8H2. The summed E-state index contributed by atoms with van der Waals surface area (Å²) in [6.45, 7) is 0.246. The van der Waals surface area contributed by atoms with Crippen molar-refractivity contribution in [3.8, 4) is 12.3 Å². The van der Waals surface area contributed by atoms with E-state index in [1.54, 1.807) is 24.3 Å². The van der Waals surface area contributed by atoms with Crippen LogP contribution in [0, 0.1) is 12.3 Å². The number of hydrogen-bond acceptors (Lipinski definition) is 1. The Labute approximate surface area is 71.6 Å². The molecule has 0 aliphatic rings. The van der Waals surface area contributed by atoms with Crippen LogP contribution in [-0.4, -0.2) is 6.54 Å². The normalized spacial score (nSPS) is 12.0. The van der Waals surface area contributed by atoms with Crippen molar-refractivity contribution in [1.82, 2.24) is 5.32 Å². The second-order valence-corrected chi connectivity index (χ2v) is 2.36. The summed E-state index contributed by atoms with van der Waals surface area (Å²) >= 11 is 0. The van der Waals surface area contributed by atoms with Gasteiger partial charge in [0, 0.05) is 5.56 Å². The fourth-order valence-corrected chi connectivity index (χ4v) is 0.888. The molecule has 0 saturated heterocycles. The minimum absolute atomic E-state index is 0.246. The molecule has 0 amide bonds. The molecule has 62 valence electrons. The van der Waals surface area contributed by atoms with E-state index in [2.05, 4.69) is 11.2 Å². The first-order valence-corrected chi connectivity index (χ1v) is 3.70. The van der Waals surface area contributed by atoms with Crippen molar-refractivity contribution in [1.29, 1.82) is 0 Å². The zero-order valence-electron chi connectivity index (χ0n) is 6.63. The van der Waals surface area contributed by atoms with Gasteiger partial charge in [0.05, 0.1) is 6.54 Å². The predicted molar refractivity (Wildman–Crippen MR) is 47.1 cm³/mol. The second kappa shape index (κ2) is 4.53. The van der Waals surface area contributed by atoms with Gasteiger partial charge in [-0.15, -0.1) is 6.42 Å². The van der Waals surface area contributed by atoms with Crippen molar-refractivity contribution in [2.75, 3.05) is 6.54 Å². The number of benzene rings is 1. The molecule has 0 spiro atoms. The minimum Gasteiger partial charge on any atom is -0.273 e. The van der Waals surface area contributed by atoms with E-state index >= 15 is 0 Å². The average Bonchev–Trinajstić information content (AvgIpc) is 2.15. The molecule has 0 aliphatic carbocycles. The van der Waals surface area contributed by atoms with Gasteiger partial charge in [0.2, 0.25) is 0 Å². The Bertz CT molecular complexity index is 263. The Kier molecular flexibility index (Phi) is 3.31. The Balaban J connectivity index is 2.55. The number of alkyl halides is 1. The van der Waals surface area contributed by atoms with Gasteiger partial charge in [0.1, 0.15) is 0 Å². The summed E-state index contributed by atoms with van der Waals surface area (Å²) in [7, 11) is 0. The van der Waals surface area contributed by atoms with Crippen LogP contribution >= 0.6 is 0 Å². The van der Waals surface area contributed by atoms with Crippen molar-refractivity contribution in [2.45, 2.75) is 6.30 Å². The topological polar surface area (TPSA) is 12.0 Å². The summed E-state index contributed by atoms with van der Waals surface area (Å²) < 4.78 is 13.1. The molecular formula is C10H10FN. The molecule has 1 aromatic rings. The lowest BCUT2D eigenvalue weighted by molar-refractivity contribution is 0.292. The highest BCUT2D eigenvalue weighted by molar-refractivity contribution is 5.17. The SMILES string of the molecule is C#CCNC(F)c1ccccc1. The molecule has 2 heteroatoms. The van der Waals surface area contributed by atoms with Gasteiger partial charge in [-0.1, -0.05) is 36.3 Å². The monoisotopic (exact) mass is 163 g/mol. The van der Waals surface area contributed by atoms with Crippen LogP contribution in [0.1, 0.15) is 11.9 Å². The molecule has 12 heavy (non-hydrogen) atoms. The number of terminal acetylenes is 1. The van der Waals surface area contributed by atoms with E-state index in [1.807, 2.05) is 6.07 Å². The van der Waals surface area contributed by atoms with Crippen molar-refractivity contribution in [2.24, 2.45) is 0 Å². The molecule has 1 unspecified atom stereocenters. The quantitative estimate of drug-likeness (QED) is 0.530. The van der Waals surface area contributed by atoms with E-state index in [9.17, 15) is 4.39 Å². The molecule has 1 aromatic carbocycles. The van der Waals surface area contributed by atoms with Crippen LogP contribution in [0.15, 0.2) is 30.3 Å². The van der Waals surface area contributed by atoms with Crippen molar-refractivity contribution in [3.63, 3.8) is 0 Å². The summed E-state index contributed by atoms with van der Waals surface area (Å²) in [5.41, 5.74) is 0.604. The van der Waals surface area contributed by atoms with Crippen LogP contribution < -0.4 is 5.32 Å². The Morgan fingerprint density at radius 3 is 2.67 bits per heavy atom. The van der Waals surface area contributed by atoms with Gasteiger partial charge in [-0.05, 0) is 0 Å². The summed E-state index contributed by atoms with van der Waals surface area (Å²) in [5, 5.41) is 2.55. The second-order valence-electron chi connectivity index (χ2n) is 2.36. The lowest BCUT2D eigenvalue weighted by atomic mass is 10.2. The van der Waals surface area contributed by atoms with Crippen LogP contribution in [-0.2, 0) is 0 Å². The van der Waals surface area contributed by atoms with Crippen molar-refractivity contribution < 1.29 is 4.39 Å². The third-order valence-corrected chi connectivity index (χ3v) is 1.48. The predicted octanol–water partition coefficient (Wildman–Crippen LogP) is 1.88. The fraction of sp³-hybridized carbons (Fsp3) is 0.200. The van der Waals surface area contributed by atoms with Gasteiger partial charge in [-0.25, -0.2) is 4.39 Å². The maximum atomic E-state index is 13.1. The maximum absolute atomic E-state index is 13.1. The smallest absolute Gasteiger partial charge is 0.177 e. The zero-order valence-corrected chi connectivity index (χ0v) is 6.63. The third-order valence-electron chi connectivity index (χ3n) is 1.48. The van der Waals surface area contributed by atoms with Crippen LogP contribution in [0.25, 0.3) is 0 Å². The molecule has 0 aliphatic heterocycles. The molecule has 1 N–H and O–H groups in total. The number of halogens is 1. The summed E-state index contributed by atoms with van der Waals surface area (Å²) in [6.07, 6.45) is 3.81. The van der Waals surface area contributed by atoms with E-state index in [0.29, 0.717) is 5.56 Å². The Hall–Kier alpha value is -1.33. The van der Waals surface area contributed by atoms with Crippen LogP contribution in [0.5, 0.6) is 0 Å². The number of rotatable bonds is 3. The molecule has 1 nitrogen and oxygen atoms in total. The van der Waals surface area contributed by atoms with Gasteiger partial charge >= 0.3 is 0 Å². The summed E-state index contributed by atoms with van der Waals surface area (Å²) in [6, 6.07) is 8.86. The van der Waals surface area contributed by atoms with Gasteiger partial charge in [-0.2, -0.15) is 0 Å². The van der Waals surface area contributed by atoms with Crippen LogP contribution in [0.4, 0.5) is 4.39 Å². The van der Waals surface area contributed by atoms with E-state index in [1.165, 1.54) is 0 Å².